The van der Waals surface area contributed by atoms with Gasteiger partial charge in [0.2, 0.25) is 0 Å². The average Bonchev–Trinajstić information content (AvgIpc) is 2.95. The fourth-order valence-corrected chi connectivity index (χ4v) is 2.29. The molecule has 2 N–H and O–H groups in total. The first-order valence-electron chi connectivity index (χ1n) is 6.54. The van der Waals surface area contributed by atoms with Crippen LogP contribution in [0.25, 0.3) is 11.4 Å². The number of nitrogens with one attached hydrogen (secondary N) is 2. The van der Waals surface area contributed by atoms with Crippen molar-refractivity contribution in [3.63, 3.8) is 0 Å². The van der Waals surface area contributed by atoms with Crippen molar-refractivity contribution in [1.82, 2.24) is 20.2 Å². The van der Waals surface area contributed by atoms with E-state index in [1.54, 1.807) is 19.2 Å². The van der Waals surface area contributed by atoms with E-state index in [1.165, 1.54) is 12.3 Å². The number of H-pyrrole nitrogens is 1. The van der Waals surface area contributed by atoms with E-state index < -0.39 is 0 Å². The normalized spacial score (nSPS) is 10.5. The number of halogens is 1. The lowest BCUT2D eigenvalue weighted by atomic mass is 10.2. The number of rotatable bonds is 3. The van der Waals surface area contributed by atoms with Crippen LogP contribution in [0.1, 0.15) is 16.1 Å². The molecule has 0 spiro atoms. The van der Waals surface area contributed by atoms with E-state index >= 15 is 0 Å². The number of carbonyl (C=O) groups excluding carboxylic acids is 1. The quantitative estimate of drug-likeness (QED) is 0.728. The topological polar surface area (TPSA) is 83.6 Å². The maximum Gasteiger partial charge on any atom is 0.255 e. The van der Waals surface area contributed by atoms with Gasteiger partial charge in [-0.15, -0.1) is 0 Å². The summed E-state index contributed by atoms with van der Waals surface area (Å²) in [6.45, 7) is 1.78. The molecule has 0 saturated carbocycles. The number of aromatic nitrogens is 4. The van der Waals surface area contributed by atoms with Crippen molar-refractivity contribution in [2.45, 2.75) is 6.92 Å². The van der Waals surface area contributed by atoms with Gasteiger partial charge in [-0.2, -0.15) is 5.10 Å². The molecule has 0 radical (unpaired) electrons. The molecule has 0 bridgehead atoms. The summed E-state index contributed by atoms with van der Waals surface area (Å²) in [7, 11) is 0. The van der Waals surface area contributed by atoms with Crippen LogP contribution < -0.4 is 5.32 Å². The molecule has 0 aliphatic heterocycles. The predicted octanol–water partition coefficient (Wildman–Crippen LogP) is 3.08. The maximum atomic E-state index is 12.3. The summed E-state index contributed by atoms with van der Waals surface area (Å²) < 4.78 is 0. The van der Waals surface area contributed by atoms with Crippen LogP contribution in [-0.4, -0.2) is 26.1 Å². The zero-order chi connectivity index (χ0) is 15.5. The first-order valence-corrected chi connectivity index (χ1v) is 6.91. The Balaban J connectivity index is 1.88. The van der Waals surface area contributed by atoms with E-state index in [0.29, 0.717) is 28.3 Å². The van der Waals surface area contributed by atoms with Gasteiger partial charge in [-0.05, 0) is 31.2 Å². The van der Waals surface area contributed by atoms with Gasteiger partial charge in [-0.3, -0.25) is 14.9 Å². The molecule has 0 unspecified atom stereocenters. The molecule has 0 aliphatic rings. The van der Waals surface area contributed by atoms with Crippen molar-refractivity contribution in [2.75, 3.05) is 5.32 Å². The highest BCUT2D eigenvalue weighted by molar-refractivity contribution is 6.29. The number of carbonyl (C=O) groups is 1. The second kappa shape index (κ2) is 5.95. The molecule has 110 valence electrons. The zero-order valence-corrected chi connectivity index (χ0v) is 12.4. The van der Waals surface area contributed by atoms with Crippen molar-refractivity contribution in [3.8, 4) is 11.4 Å². The minimum atomic E-state index is -0.286. The van der Waals surface area contributed by atoms with Gasteiger partial charge in [0.15, 0.2) is 0 Å². The Morgan fingerprint density at radius 3 is 2.91 bits per heavy atom. The van der Waals surface area contributed by atoms with Gasteiger partial charge in [-0.1, -0.05) is 17.7 Å². The van der Waals surface area contributed by atoms with Gasteiger partial charge in [0.1, 0.15) is 10.8 Å². The summed E-state index contributed by atoms with van der Waals surface area (Å²) in [5.74, 6) is -0.286. The Morgan fingerprint density at radius 2 is 2.18 bits per heavy atom. The van der Waals surface area contributed by atoms with Gasteiger partial charge in [0, 0.05) is 17.5 Å². The van der Waals surface area contributed by atoms with E-state index in [4.69, 9.17) is 11.6 Å². The molecule has 0 saturated heterocycles. The van der Waals surface area contributed by atoms with Crippen LogP contribution in [0.3, 0.4) is 0 Å². The summed E-state index contributed by atoms with van der Waals surface area (Å²) in [5, 5.41) is 9.88. The maximum absolute atomic E-state index is 12.3. The first kappa shape index (κ1) is 14.2. The summed E-state index contributed by atoms with van der Waals surface area (Å²) in [6, 6.07) is 8.70. The van der Waals surface area contributed by atoms with Crippen LogP contribution in [0.2, 0.25) is 5.15 Å². The predicted molar refractivity (Wildman–Crippen MR) is 83.8 cm³/mol. The fourth-order valence-electron chi connectivity index (χ4n) is 2.04. The smallest absolute Gasteiger partial charge is 0.255 e. The van der Waals surface area contributed by atoms with Crippen LogP contribution in [0.4, 0.5) is 5.69 Å². The highest BCUT2D eigenvalue weighted by Crippen LogP contribution is 2.23. The number of amides is 1. The number of anilines is 1. The van der Waals surface area contributed by atoms with Crippen molar-refractivity contribution in [3.05, 3.63) is 59.1 Å². The van der Waals surface area contributed by atoms with E-state index in [1.807, 2.05) is 18.2 Å². The van der Waals surface area contributed by atoms with Gasteiger partial charge >= 0.3 is 0 Å². The minimum Gasteiger partial charge on any atom is -0.319 e. The molecule has 22 heavy (non-hydrogen) atoms. The fraction of sp³-hybridized carbons (Fsp3) is 0.0667. The monoisotopic (exact) mass is 313 g/mol. The van der Waals surface area contributed by atoms with Gasteiger partial charge in [-0.25, -0.2) is 4.98 Å². The van der Waals surface area contributed by atoms with Gasteiger partial charge in [0.25, 0.3) is 5.91 Å². The van der Waals surface area contributed by atoms with Crippen molar-refractivity contribution >= 4 is 23.2 Å². The van der Waals surface area contributed by atoms with Crippen LogP contribution >= 0.6 is 11.6 Å². The van der Waals surface area contributed by atoms with Crippen LogP contribution in [-0.2, 0) is 0 Å². The third-order valence-electron chi connectivity index (χ3n) is 2.99. The lowest BCUT2D eigenvalue weighted by Crippen LogP contribution is -2.12. The Labute approximate surface area is 131 Å². The zero-order valence-electron chi connectivity index (χ0n) is 11.7. The molecule has 0 atom stereocenters. The molecule has 3 rings (SSSR count). The van der Waals surface area contributed by atoms with Crippen LogP contribution in [0, 0.1) is 6.92 Å². The second-order valence-electron chi connectivity index (χ2n) is 4.65. The summed E-state index contributed by atoms with van der Waals surface area (Å²) in [6.07, 6.45) is 3.21. The average molecular weight is 314 g/mol. The van der Waals surface area contributed by atoms with E-state index in [9.17, 15) is 4.79 Å². The summed E-state index contributed by atoms with van der Waals surface area (Å²) in [4.78, 5) is 20.6. The Hall–Kier alpha value is -2.73. The van der Waals surface area contributed by atoms with Crippen molar-refractivity contribution in [2.24, 2.45) is 0 Å². The lowest BCUT2D eigenvalue weighted by Gasteiger charge is -2.06. The van der Waals surface area contributed by atoms with Gasteiger partial charge < -0.3 is 5.32 Å². The lowest BCUT2D eigenvalue weighted by molar-refractivity contribution is 0.102. The number of hydrogen-bond acceptors (Lipinski definition) is 4. The largest absolute Gasteiger partial charge is 0.319 e. The number of aryl methyl sites for hydroxylation is 1. The molecule has 3 aromatic heterocycles. The van der Waals surface area contributed by atoms with Crippen molar-refractivity contribution < 1.29 is 4.79 Å². The molecule has 6 nitrogen and oxygen atoms in total. The molecule has 0 aromatic carbocycles. The Morgan fingerprint density at radius 1 is 1.32 bits per heavy atom. The number of aromatic amines is 1. The molecule has 3 heterocycles. The number of pyridine rings is 2. The van der Waals surface area contributed by atoms with E-state index in [0.717, 1.165) is 0 Å². The minimum absolute atomic E-state index is 0.280. The molecular formula is C15H12ClN5O. The molecular weight excluding hydrogens is 302 g/mol. The second-order valence-corrected chi connectivity index (χ2v) is 5.03. The molecule has 7 heteroatoms. The molecule has 0 aliphatic carbocycles. The number of hydrogen-bond donors (Lipinski definition) is 2. The third-order valence-corrected chi connectivity index (χ3v) is 3.19. The molecule has 0 fully saturated rings. The van der Waals surface area contributed by atoms with Crippen LogP contribution in [0.5, 0.6) is 0 Å². The van der Waals surface area contributed by atoms with E-state index in [2.05, 4.69) is 25.5 Å². The Kier molecular flexibility index (Phi) is 3.84. The Bertz CT molecular complexity index is 796. The van der Waals surface area contributed by atoms with Crippen molar-refractivity contribution in [1.29, 1.82) is 0 Å². The van der Waals surface area contributed by atoms with E-state index in [-0.39, 0.29) is 11.1 Å². The highest BCUT2D eigenvalue weighted by atomic mass is 35.5. The standard InChI is InChI=1S/C15H12ClN5O/c1-9-6-10(7-13(16)19-9)15(22)20-12-8-18-21-14(12)11-4-2-3-5-17-11/h2-8H,1H3,(H,18,21)(H,20,22). The highest BCUT2D eigenvalue weighted by Gasteiger charge is 2.14. The number of nitrogens with zero attached hydrogens (tertiary/aromatic N) is 3. The SMILES string of the molecule is Cc1cc(C(=O)Nc2cn[nH]c2-c2ccccn2)cc(Cl)n1. The third kappa shape index (κ3) is 2.96. The van der Waals surface area contributed by atoms with Gasteiger partial charge in [0.05, 0.1) is 17.6 Å². The first-order chi connectivity index (χ1) is 10.6. The summed E-state index contributed by atoms with van der Waals surface area (Å²) >= 11 is 5.88. The van der Waals surface area contributed by atoms with Crippen LogP contribution in [0.15, 0.2) is 42.7 Å². The molecule has 3 aromatic rings. The molecule has 1 amide bonds. The summed E-state index contributed by atoms with van der Waals surface area (Å²) in [5.41, 5.74) is 3.00.